The van der Waals surface area contributed by atoms with Gasteiger partial charge in [-0.2, -0.15) is 4.41 Å². The second-order valence-electron chi connectivity index (χ2n) is 1.69. The maximum Gasteiger partial charge on any atom is 0.0583 e. The Balaban J connectivity index is 2.56. The van der Waals surface area contributed by atoms with Gasteiger partial charge < -0.3 is 0 Å². The molecule has 0 aliphatic carbocycles. The van der Waals surface area contributed by atoms with Crippen molar-refractivity contribution in [3.8, 4) is 0 Å². The standard InChI is InChI=1S/C3H8N4S2/c4-6-1-3(8)2-7(9)5-6/h1,5,8-9H,2,4H2. The van der Waals surface area contributed by atoms with Gasteiger partial charge in [-0.1, -0.05) is 12.8 Å². The largest absolute Gasteiger partial charge is 0.236 e. The first-order chi connectivity index (χ1) is 4.18. The van der Waals surface area contributed by atoms with E-state index in [0.29, 0.717) is 6.54 Å². The monoisotopic (exact) mass is 164 g/mol. The Labute approximate surface area is 64.5 Å². The Morgan fingerprint density at radius 2 is 2.44 bits per heavy atom. The number of thiol groups is 2. The van der Waals surface area contributed by atoms with Crippen molar-refractivity contribution in [2.45, 2.75) is 0 Å². The van der Waals surface area contributed by atoms with E-state index in [1.54, 1.807) is 6.20 Å². The number of rotatable bonds is 0. The maximum absolute atomic E-state index is 5.32. The summed E-state index contributed by atoms with van der Waals surface area (Å²) in [5.74, 6) is 5.32. The third-order valence-corrected chi connectivity index (χ3v) is 1.32. The molecule has 0 fully saturated rings. The average molecular weight is 164 g/mol. The van der Waals surface area contributed by atoms with E-state index in [4.69, 9.17) is 5.84 Å². The van der Waals surface area contributed by atoms with Gasteiger partial charge >= 0.3 is 0 Å². The predicted molar refractivity (Wildman–Crippen MR) is 41.9 cm³/mol. The number of nitrogens with two attached hydrogens (primary N) is 1. The summed E-state index contributed by atoms with van der Waals surface area (Å²) in [7, 11) is 0. The van der Waals surface area contributed by atoms with Gasteiger partial charge in [-0.05, 0) is 0 Å². The van der Waals surface area contributed by atoms with Gasteiger partial charge in [0.15, 0.2) is 0 Å². The second-order valence-corrected chi connectivity index (χ2v) is 2.74. The summed E-state index contributed by atoms with van der Waals surface area (Å²) < 4.78 is 1.53. The summed E-state index contributed by atoms with van der Waals surface area (Å²) in [6.07, 6.45) is 1.68. The molecule has 0 aromatic rings. The highest BCUT2D eigenvalue weighted by Gasteiger charge is 2.08. The minimum absolute atomic E-state index is 0.653. The highest BCUT2D eigenvalue weighted by atomic mass is 32.1. The molecule has 1 aliphatic rings. The van der Waals surface area contributed by atoms with Crippen molar-refractivity contribution in [1.29, 1.82) is 0 Å². The molecule has 0 radical (unpaired) electrons. The molecule has 0 amide bonds. The molecule has 4 nitrogen and oxygen atoms in total. The molecule has 0 saturated heterocycles. The summed E-state index contributed by atoms with van der Waals surface area (Å²) in [4.78, 5) is 0.867. The van der Waals surface area contributed by atoms with Crippen LogP contribution in [0.25, 0.3) is 0 Å². The van der Waals surface area contributed by atoms with E-state index in [-0.39, 0.29) is 0 Å². The molecule has 3 N–H and O–H groups in total. The van der Waals surface area contributed by atoms with E-state index < -0.39 is 0 Å². The quantitative estimate of drug-likeness (QED) is 0.288. The molecule has 1 heterocycles. The Kier molecular flexibility index (Phi) is 2.25. The summed E-state index contributed by atoms with van der Waals surface area (Å²) >= 11 is 8.08. The van der Waals surface area contributed by atoms with Gasteiger partial charge in [0, 0.05) is 11.1 Å². The molecular weight excluding hydrogens is 156 g/mol. The molecule has 0 spiro atoms. The van der Waals surface area contributed by atoms with Crippen LogP contribution in [-0.4, -0.2) is 16.1 Å². The second kappa shape index (κ2) is 2.80. The molecule has 0 atom stereocenters. The fraction of sp³-hybridized carbons (Fsp3) is 0.333. The summed E-state index contributed by atoms with van der Waals surface area (Å²) in [6, 6.07) is 0. The molecule has 0 saturated carbocycles. The van der Waals surface area contributed by atoms with E-state index in [1.165, 1.54) is 9.53 Å². The van der Waals surface area contributed by atoms with Gasteiger partial charge in [-0.15, -0.1) is 18.2 Å². The van der Waals surface area contributed by atoms with E-state index in [0.717, 1.165) is 4.91 Å². The fourth-order valence-corrected chi connectivity index (χ4v) is 1.19. The first-order valence-electron chi connectivity index (χ1n) is 2.35. The van der Waals surface area contributed by atoms with Gasteiger partial charge in [-0.3, -0.25) is 0 Å². The van der Waals surface area contributed by atoms with Crippen LogP contribution in [0.15, 0.2) is 11.1 Å². The first kappa shape index (κ1) is 7.23. The molecule has 0 aromatic carbocycles. The smallest absolute Gasteiger partial charge is 0.0583 e. The van der Waals surface area contributed by atoms with Crippen LogP contribution in [0.1, 0.15) is 0 Å². The lowest BCUT2D eigenvalue weighted by molar-refractivity contribution is 0.140. The van der Waals surface area contributed by atoms with Crippen LogP contribution in [0.4, 0.5) is 0 Å². The lowest BCUT2D eigenvalue weighted by atomic mass is 10.6. The van der Waals surface area contributed by atoms with Gasteiger partial charge in [0.1, 0.15) is 0 Å². The van der Waals surface area contributed by atoms with Gasteiger partial charge in [0.25, 0.3) is 0 Å². The van der Waals surface area contributed by atoms with Crippen molar-refractivity contribution in [2.75, 3.05) is 6.54 Å². The molecule has 0 bridgehead atoms. The number of hydrogen-bond acceptors (Lipinski definition) is 6. The number of hydrogen-bond donors (Lipinski definition) is 4. The highest BCUT2D eigenvalue weighted by Crippen LogP contribution is 2.07. The average Bonchev–Trinajstić information content (AvgIpc) is 1.59. The van der Waals surface area contributed by atoms with E-state index >= 15 is 0 Å². The fourth-order valence-electron chi connectivity index (χ4n) is 0.552. The molecule has 0 unspecified atom stereocenters. The lowest BCUT2D eigenvalue weighted by Crippen LogP contribution is -2.50. The zero-order valence-corrected chi connectivity index (χ0v) is 6.44. The zero-order valence-electron chi connectivity index (χ0n) is 4.65. The molecule has 1 aliphatic heterocycles. The van der Waals surface area contributed by atoms with Gasteiger partial charge in [0.2, 0.25) is 0 Å². The van der Waals surface area contributed by atoms with Gasteiger partial charge in [0.05, 0.1) is 6.54 Å². The lowest BCUT2D eigenvalue weighted by Gasteiger charge is -2.27. The van der Waals surface area contributed by atoms with E-state index in [9.17, 15) is 0 Å². The Bertz CT molecular complexity index is 136. The zero-order chi connectivity index (χ0) is 6.85. The molecule has 1 rings (SSSR count). The third kappa shape index (κ3) is 2.07. The maximum atomic E-state index is 5.32. The van der Waals surface area contributed by atoms with Crippen LogP contribution in [0.3, 0.4) is 0 Å². The van der Waals surface area contributed by atoms with Crippen molar-refractivity contribution in [1.82, 2.24) is 15.1 Å². The SMILES string of the molecule is NN1C=C(S)CN(S)N1. The summed E-state index contributed by atoms with van der Waals surface area (Å²) in [6.45, 7) is 0.653. The van der Waals surface area contributed by atoms with Crippen LogP contribution < -0.4 is 11.4 Å². The highest BCUT2D eigenvalue weighted by molar-refractivity contribution is 7.84. The number of nitrogens with zero attached hydrogens (tertiary/aromatic N) is 2. The molecule has 52 valence electrons. The first-order valence-corrected chi connectivity index (χ1v) is 3.19. The Hall–Kier alpha value is 0.120. The summed E-state index contributed by atoms with van der Waals surface area (Å²) in [5, 5.41) is 1.29. The normalized spacial score (nSPS) is 22.1. The summed E-state index contributed by atoms with van der Waals surface area (Å²) in [5.41, 5.74) is 2.69. The van der Waals surface area contributed by atoms with Crippen molar-refractivity contribution in [3.63, 3.8) is 0 Å². The molecular formula is C3H8N4S2. The van der Waals surface area contributed by atoms with Crippen molar-refractivity contribution < 1.29 is 0 Å². The van der Waals surface area contributed by atoms with Crippen LogP contribution in [-0.2, 0) is 0 Å². The van der Waals surface area contributed by atoms with Gasteiger partial charge in [-0.25, -0.2) is 11.0 Å². The van der Waals surface area contributed by atoms with E-state index in [1.807, 2.05) is 0 Å². The Morgan fingerprint density at radius 3 is 2.89 bits per heavy atom. The molecule has 9 heavy (non-hydrogen) atoms. The number of nitrogens with one attached hydrogen (secondary N) is 1. The predicted octanol–water partition coefficient (Wildman–Crippen LogP) is -0.487. The topological polar surface area (TPSA) is 44.5 Å². The minimum atomic E-state index is 0.653. The Morgan fingerprint density at radius 1 is 1.78 bits per heavy atom. The van der Waals surface area contributed by atoms with Crippen molar-refractivity contribution in [3.05, 3.63) is 11.1 Å². The third-order valence-electron chi connectivity index (χ3n) is 0.831. The van der Waals surface area contributed by atoms with E-state index in [2.05, 4.69) is 31.0 Å². The van der Waals surface area contributed by atoms with Crippen LogP contribution in [0.2, 0.25) is 0 Å². The molecule has 6 heteroatoms. The molecule has 0 aromatic heterocycles. The van der Waals surface area contributed by atoms with Crippen molar-refractivity contribution >= 4 is 25.4 Å². The van der Waals surface area contributed by atoms with Crippen LogP contribution in [0.5, 0.6) is 0 Å². The van der Waals surface area contributed by atoms with Crippen LogP contribution >= 0.6 is 25.4 Å². The minimum Gasteiger partial charge on any atom is -0.236 e. The van der Waals surface area contributed by atoms with Crippen LogP contribution in [0, 0.1) is 0 Å². The number of hydrazine groups is 3. The van der Waals surface area contributed by atoms with Crippen molar-refractivity contribution in [2.24, 2.45) is 5.84 Å².